The molecule has 1 N–H and O–H groups in total. The summed E-state index contributed by atoms with van der Waals surface area (Å²) in [6.45, 7) is 0.421. The number of rotatable bonds is 4. The largest absolute Gasteiger partial charge is 0.469 e. The number of methoxy groups -OCH3 is 1. The molecule has 0 saturated carbocycles. The van der Waals surface area contributed by atoms with Gasteiger partial charge in [-0.1, -0.05) is 34.8 Å². The second kappa shape index (κ2) is 6.18. The predicted octanol–water partition coefficient (Wildman–Crippen LogP) is 3.62. The monoisotopic (exact) mass is 281 g/mol. The number of carbonyl (C=O) groups is 1. The molecule has 3 nitrogen and oxygen atoms in total. The molecule has 16 heavy (non-hydrogen) atoms. The summed E-state index contributed by atoms with van der Waals surface area (Å²) in [5.74, 6) is -0.288. The Bertz CT molecular complexity index is 396. The van der Waals surface area contributed by atoms with Gasteiger partial charge in [0.15, 0.2) is 0 Å². The van der Waals surface area contributed by atoms with E-state index in [1.165, 1.54) is 7.11 Å². The van der Waals surface area contributed by atoms with Crippen LogP contribution in [0.15, 0.2) is 12.1 Å². The summed E-state index contributed by atoms with van der Waals surface area (Å²) in [5.41, 5.74) is 0.639. The zero-order chi connectivity index (χ0) is 12.1. The molecule has 6 heteroatoms. The molecule has 1 aromatic carbocycles. The highest BCUT2D eigenvalue weighted by molar-refractivity contribution is 6.44. The van der Waals surface area contributed by atoms with Crippen LogP contribution in [0.3, 0.4) is 0 Å². The van der Waals surface area contributed by atoms with Gasteiger partial charge in [0, 0.05) is 6.54 Å². The fraction of sp³-hybridized carbons (Fsp3) is 0.300. The Kier molecular flexibility index (Phi) is 5.19. The van der Waals surface area contributed by atoms with Crippen LogP contribution in [0.5, 0.6) is 0 Å². The van der Waals surface area contributed by atoms with E-state index in [0.717, 1.165) is 0 Å². The van der Waals surface area contributed by atoms with Crippen molar-refractivity contribution in [2.75, 3.05) is 19.0 Å². The van der Waals surface area contributed by atoms with Crippen LogP contribution >= 0.6 is 34.8 Å². The number of halogens is 3. The summed E-state index contributed by atoms with van der Waals surface area (Å²) in [4.78, 5) is 10.9. The van der Waals surface area contributed by atoms with Gasteiger partial charge in [0.05, 0.1) is 34.3 Å². The number of anilines is 1. The van der Waals surface area contributed by atoms with Crippen LogP contribution in [0.25, 0.3) is 0 Å². The van der Waals surface area contributed by atoms with Crippen LogP contribution in [-0.2, 0) is 9.53 Å². The lowest BCUT2D eigenvalue weighted by Gasteiger charge is -2.08. The Morgan fingerprint density at radius 3 is 2.50 bits per heavy atom. The van der Waals surface area contributed by atoms with Gasteiger partial charge in [-0.05, 0) is 12.1 Å². The molecular formula is C10H10Cl3NO2. The van der Waals surface area contributed by atoms with Crippen molar-refractivity contribution < 1.29 is 9.53 Å². The van der Waals surface area contributed by atoms with Crippen LogP contribution in [0, 0.1) is 0 Å². The first-order chi connectivity index (χ1) is 7.54. The van der Waals surface area contributed by atoms with Crippen LogP contribution in [0.1, 0.15) is 6.42 Å². The molecule has 0 unspecified atom stereocenters. The molecule has 0 atom stereocenters. The fourth-order valence-electron chi connectivity index (χ4n) is 1.06. The lowest BCUT2D eigenvalue weighted by molar-refractivity contribution is -0.140. The van der Waals surface area contributed by atoms with Gasteiger partial charge >= 0.3 is 5.97 Å². The van der Waals surface area contributed by atoms with Crippen molar-refractivity contribution >= 4 is 46.5 Å². The maximum atomic E-state index is 10.9. The smallest absolute Gasteiger partial charge is 0.307 e. The second-order valence-electron chi connectivity index (χ2n) is 3.00. The molecule has 0 fully saturated rings. The second-order valence-corrected chi connectivity index (χ2v) is 4.22. The molecular weight excluding hydrogens is 272 g/mol. The minimum absolute atomic E-state index is 0.257. The zero-order valence-electron chi connectivity index (χ0n) is 8.52. The number of nitrogens with one attached hydrogen (secondary N) is 1. The number of ether oxygens (including phenoxy) is 1. The number of carbonyl (C=O) groups excluding carboxylic acids is 1. The average molecular weight is 283 g/mol. The maximum Gasteiger partial charge on any atom is 0.307 e. The van der Waals surface area contributed by atoms with E-state index in [1.54, 1.807) is 12.1 Å². The Labute approximate surface area is 109 Å². The summed E-state index contributed by atoms with van der Waals surface area (Å²) < 4.78 is 4.50. The van der Waals surface area contributed by atoms with Crippen LogP contribution in [0.2, 0.25) is 15.1 Å². The molecule has 0 saturated heterocycles. The Morgan fingerprint density at radius 2 is 1.88 bits per heavy atom. The molecule has 0 aromatic heterocycles. The summed E-state index contributed by atoms with van der Waals surface area (Å²) >= 11 is 17.5. The number of hydrogen-bond acceptors (Lipinski definition) is 3. The Balaban J connectivity index is 2.60. The summed E-state index contributed by atoms with van der Waals surface area (Å²) in [6, 6.07) is 3.16. The van der Waals surface area contributed by atoms with E-state index >= 15 is 0 Å². The summed E-state index contributed by atoms with van der Waals surface area (Å²) in [6.07, 6.45) is 0.257. The quantitative estimate of drug-likeness (QED) is 0.677. The van der Waals surface area contributed by atoms with Crippen molar-refractivity contribution in [2.45, 2.75) is 6.42 Å². The molecule has 1 rings (SSSR count). The first-order valence-electron chi connectivity index (χ1n) is 4.50. The first kappa shape index (κ1) is 13.4. The van der Waals surface area contributed by atoms with E-state index in [4.69, 9.17) is 34.8 Å². The van der Waals surface area contributed by atoms with E-state index in [1.807, 2.05) is 0 Å². The standard InChI is InChI=1S/C10H10Cl3NO2/c1-16-10(15)2-3-14-9-5-7(12)6(11)4-8(9)13/h4-5,14H,2-3H2,1H3. The SMILES string of the molecule is COC(=O)CCNc1cc(Cl)c(Cl)cc1Cl. The van der Waals surface area contributed by atoms with Gasteiger partial charge in [0.2, 0.25) is 0 Å². The molecule has 0 spiro atoms. The van der Waals surface area contributed by atoms with Crippen molar-refractivity contribution in [3.05, 3.63) is 27.2 Å². The third-order valence-corrected chi connectivity index (χ3v) is 2.92. The van der Waals surface area contributed by atoms with Crippen LogP contribution in [-0.4, -0.2) is 19.6 Å². The normalized spacial score (nSPS) is 10.0. The van der Waals surface area contributed by atoms with Crippen LogP contribution < -0.4 is 5.32 Å². The van der Waals surface area contributed by atoms with Gasteiger partial charge in [-0.3, -0.25) is 4.79 Å². The highest BCUT2D eigenvalue weighted by atomic mass is 35.5. The minimum Gasteiger partial charge on any atom is -0.469 e. The van der Waals surface area contributed by atoms with Gasteiger partial charge in [-0.15, -0.1) is 0 Å². The van der Waals surface area contributed by atoms with Crippen molar-refractivity contribution in [1.29, 1.82) is 0 Å². The van der Waals surface area contributed by atoms with Gasteiger partial charge in [-0.2, -0.15) is 0 Å². The molecule has 1 aromatic rings. The molecule has 0 aliphatic rings. The van der Waals surface area contributed by atoms with Gasteiger partial charge in [-0.25, -0.2) is 0 Å². The molecule has 0 aliphatic heterocycles. The average Bonchev–Trinajstić information content (AvgIpc) is 2.25. The molecule has 0 radical (unpaired) electrons. The topological polar surface area (TPSA) is 38.3 Å². The fourth-order valence-corrected chi connectivity index (χ4v) is 1.67. The third kappa shape index (κ3) is 3.74. The van der Waals surface area contributed by atoms with Crippen molar-refractivity contribution in [3.8, 4) is 0 Å². The summed E-state index contributed by atoms with van der Waals surface area (Å²) in [7, 11) is 1.34. The zero-order valence-corrected chi connectivity index (χ0v) is 10.8. The van der Waals surface area contributed by atoms with E-state index in [2.05, 4.69) is 10.1 Å². The van der Waals surface area contributed by atoms with Crippen molar-refractivity contribution in [1.82, 2.24) is 0 Å². The van der Waals surface area contributed by atoms with E-state index in [-0.39, 0.29) is 12.4 Å². The third-order valence-electron chi connectivity index (χ3n) is 1.88. The lowest BCUT2D eigenvalue weighted by atomic mass is 10.3. The molecule has 0 heterocycles. The van der Waals surface area contributed by atoms with Crippen molar-refractivity contribution in [3.63, 3.8) is 0 Å². The van der Waals surface area contributed by atoms with Crippen molar-refractivity contribution in [2.24, 2.45) is 0 Å². The van der Waals surface area contributed by atoms with E-state index in [0.29, 0.717) is 27.3 Å². The lowest BCUT2D eigenvalue weighted by Crippen LogP contribution is -2.09. The molecule has 0 amide bonds. The van der Waals surface area contributed by atoms with Gasteiger partial charge in [0.25, 0.3) is 0 Å². The van der Waals surface area contributed by atoms with Gasteiger partial charge in [0.1, 0.15) is 0 Å². The van der Waals surface area contributed by atoms with Crippen LogP contribution in [0.4, 0.5) is 5.69 Å². The highest BCUT2D eigenvalue weighted by Gasteiger charge is 2.06. The highest BCUT2D eigenvalue weighted by Crippen LogP contribution is 2.32. The molecule has 0 aliphatic carbocycles. The first-order valence-corrected chi connectivity index (χ1v) is 5.63. The predicted molar refractivity (Wildman–Crippen MR) is 66.6 cm³/mol. The minimum atomic E-state index is -0.288. The Hall–Kier alpha value is -0.640. The molecule has 88 valence electrons. The van der Waals surface area contributed by atoms with E-state index in [9.17, 15) is 4.79 Å². The number of hydrogen-bond donors (Lipinski definition) is 1. The maximum absolute atomic E-state index is 10.9. The number of esters is 1. The van der Waals surface area contributed by atoms with E-state index < -0.39 is 0 Å². The summed E-state index contributed by atoms with van der Waals surface area (Å²) in [5, 5.41) is 4.23. The van der Waals surface area contributed by atoms with Gasteiger partial charge < -0.3 is 10.1 Å². The number of benzene rings is 1. The molecule has 0 bridgehead atoms. The Morgan fingerprint density at radius 1 is 1.25 bits per heavy atom.